The van der Waals surface area contributed by atoms with E-state index in [0.717, 1.165) is 61.6 Å². The number of carbonyl (C=O) groups is 2. The molecule has 0 spiro atoms. The van der Waals surface area contributed by atoms with Crippen LogP contribution in [0.5, 0.6) is 0 Å². The van der Waals surface area contributed by atoms with Crippen LogP contribution < -0.4 is 9.80 Å². The molecule has 55 heavy (non-hydrogen) atoms. The van der Waals surface area contributed by atoms with E-state index in [0.29, 0.717) is 17.4 Å². The number of aldehydes is 1. The first-order valence-electron chi connectivity index (χ1n) is 18.3. The van der Waals surface area contributed by atoms with Gasteiger partial charge in [-0.25, -0.2) is 0 Å². The quantitative estimate of drug-likeness (QED) is 0.0440. The summed E-state index contributed by atoms with van der Waals surface area (Å²) < 4.78 is 0. The monoisotopic (exact) mass is 710 g/mol. The third-order valence-electron chi connectivity index (χ3n) is 9.86. The molecule has 8 aromatic carbocycles. The number of hydrogen-bond donors (Lipinski definition) is 0. The first-order valence-corrected chi connectivity index (χ1v) is 18.3. The highest BCUT2D eigenvalue weighted by atomic mass is 16.1. The van der Waals surface area contributed by atoms with Crippen molar-refractivity contribution in [2.75, 3.05) is 9.80 Å². The second-order valence-corrected chi connectivity index (χ2v) is 13.4. The lowest BCUT2D eigenvalue weighted by Gasteiger charge is -2.26. The molecule has 0 atom stereocenters. The van der Waals surface area contributed by atoms with Gasteiger partial charge in [0.05, 0.1) is 5.57 Å². The SMILES string of the molecule is Cc1cc2ccccc2cc1C(=O)C(C=O)=C(c1ccc(N(c2ccccc2)c2ccccc2)cc1)c1ccc(N(c2ccccc2)c2ccccc2)cc1. The highest BCUT2D eigenvalue weighted by Gasteiger charge is 2.23. The number of aryl methyl sites for hydroxylation is 1. The van der Waals surface area contributed by atoms with Crippen molar-refractivity contribution in [1.82, 2.24) is 0 Å². The molecule has 4 nitrogen and oxygen atoms in total. The molecule has 0 unspecified atom stereocenters. The minimum atomic E-state index is -0.313. The lowest BCUT2D eigenvalue weighted by atomic mass is 9.87. The van der Waals surface area contributed by atoms with E-state index in [2.05, 4.69) is 58.3 Å². The normalized spacial score (nSPS) is 10.8. The van der Waals surface area contributed by atoms with Crippen molar-refractivity contribution < 1.29 is 9.59 Å². The number of hydrogen-bond acceptors (Lipinski definition) is 4. The molecular formula is C51H38N2O2. The first-order chi connectivity index (χ1) is 27.1. The van der Waals surface area contributed by atoms with Crippen LogP contribution in [0.1, 0.15) is 27.0 Å². The van der Waals surface area contributed by atoms with Crippen LogP contribution in [-0.2, 0) is 4.79 Å². The summed E-state index contributed by atoms with van der Waals surface area (Å²) in [6, 6.07) is 68.9. The maximum Gasteiger partial charge on any atom is 0.197 e. The minimum absolute atomic E-state index is 0.102. The highest BCUT2D eigenvalue weighted by molar-refractivity contribution is 6.27. The average molecular weight is 711 g/mol. The van der Waals surface area contributed by atoms with E-state index in [4.69, 9.17) is 0 Å². The van der Waals surface area contributed by atoms with Crippen molar-refractivity contribution in [3.63, 3.8) is 0 Å². The van der Waals surface area contributed by atoms with Gasteiger partial charge in [-0.3, -0.25) is 9.59 Å². The lowest BCUT2D eigenvalue weighted by molar-refractivity contribution is -0.104. The van der Waals surface area contributed by atoms with Gasteiger partial charge in [-0.1, -0.05) is 127 Å². The van der Waals surface area contributed by atoms with Crippen molar-refractivity contribution in [3.8, 4) is 0 Å². The predicted molar refractivity (Wildman–Crippen MR) is 227 cm³/mol. The number of anilines is 6. The van der Waals surface area contributed by atoms with E-state index >= 15 is 0 Å². The molecule has 8 aromatic rings. The van der Waals surface area contributed by atoms with Gasteiger partial charge in [-0.15, -0.1) is 0 Å². The van der Waals surface area contributed by atoms with Crippen LogP contribution in [0.15, 0.2) is 212 Å². The number of carbonyl (C=O) groups excluding carboxylic acids is 2. The van der Waals surface area contributed by atoms with Crippen LogP contribution in [0.3, 0.4) is 0 Å². The Hall–Kier alpha value is -7.30. The van der Waals surface area contributed by atoms with Gasteiger partial charge in [0.25, 0.3) is 0 Å². The molecule has 0 aliphatic heterocycles. The Labute approximate surface area is 321 Å². The molecule has 0 aliphatic carbocycles. The van der Waals surface area contributed by atoms with E-state index in [-0.39, 0.29) is 11.4 Å². The van der Waals surface area contributed by atoms with Crippen LogP contribution in [-0.4, -0.2) is 12.1 Å². The first kappa shape index (κ1) is 34.8. The Bertz CT molecular complexity index is 2390. The van der Waals surface area contributed by atoms with E-state index in [9.17, 15) is 9.59 Å². The molecule has 0 aliphatic rings. The minimum Gasteiger partial charge on any atom is -0.311 e. The van der Waals surface area contributed by atoms with Gasteiger partial charge in [-0.05, 0) is 113 Å². The zero-order valence-electron chi connectivity index (χ0n) is 30.4. The zero-order valence-corrected chi connectivity index (χ0v) is 30.4. The van der Waals surface area contributed by atoms with Crippen LogP contribution in [0.4, 0.5) is 34.1 Å². The molecule has 4 heteroatoms. The molecule has 0 saturated carbocycles. The molecule has 0 amide bonds. The average Bonchev–Trinajstić information content (AvgIpc) is 3.25. The van der Waals surface area contributed by atoms with Gasteiger partial charge in [0.15, 0.2) is 12.1 Å². The fourth-order valence-corrected chi connectivity index (χ4v) is 7.20. The summed E-state index contributed by atoms with van der Waals surface area (Å²) >= 11 is 0. The fourth-order valence-electron chi connectivity index (χ4n) is 7.20. The van der Waals surface area contributed by atoms with Crippen LogP contribution >= 0.6 is 0 Å². The molecule has 0 saturated heterocycles. The number of ketones is 1. The topological polar surface area (TPSA) is 40.6 Å². The molecule has 0 heterocycles. The van der Waals surface area contributed by atoms with E-state index in [1.54, 1.807) is 0 Å². The van der Waals surface area contributed by atoms with Crippen molar-refractivity contribution >= 4 is 62.5 Å². The van der Waals surface area contributed by atoms with Crippen molar-refractivity contribution in [3.05, 3.63) is 234 Å². The van der Waals surface area contributed by atoms with E-state index in [1.807, 2.05) is 165 Å². The molecule has 8 rings (SSSR count). The summed E-state index contributed by atoms with van der Waals surface area (Å²) in [5.74, 6) is -0.313. The number of para-hydroxylation sites is 4. The van der Waals surface area contributed by atoms with Gasteiger partial charge >= 0.3 is 0 Å². The Morgan fingerprint density at radius 3 is 1.11 bits per heavy atom. The maximum absolute atomic E-state index is 14.6. The number of Topliss-reactive ketones (excluding diaryl/α,β-unsaturated/α-hetero) is 1. The van der Waals surface area contributed by atoms with E-state index in [1.165, 1.54) is 0 Å². The Morgan fingerprint density at radius 1 is 0.418 bits per heavy atom. The molecule has 0 aromatic heterocycles. The standard InChI is InChI=1S/C51H38N2O2/c1-37-34-40-16-14-15-17-41(40)35-48(37)51(55)49(36-54)50(38-26-30-46(31-27-38)52(42-18-6-2-7-19-42)43-20-8-3-9-21-43)39-28-32-47(33-29-39)53(44-22-10-4-11-23-44)45-24-12-5-13-25-45/h2-36H,1H3. The highest BCUT2D eigenvalue weighted by Crippen LogP contribution is 2.39. The fraction of sp³-hybridized carbons (Fsp3) is 0.0196. The van der Waals surface area contributed by atoms with Gasteiger partial charge in [0.2, 0.25) is 0 Å². The van der Waals surface area contributed by atoms with Gasteiger partial charge in [0.1, 0.15) is 0 Å². The number of benzene rings is 8. The van der Waals surface area contributed by atoms with Crippen LogP contribution in [0.2, 0.25) is 0 Å². The van der Waals surface area contributed by atoms with Gasteiger partial charge in [-0.2, -0.15) is 0 Å². The van der Waals surface area contributed by atoms with E-state index < -0.39 is 0 Å². The summed E-state index contributed by atoms with van der Waals surface area (Å²) in [5, 5.41) is 1.99. The maximum atomic E-state index is 14.6. The number of fused-ring (bicyclic) bond motifs is 1. The second kappa shape index (κ2) is 15.7. The molecule has 0 radical (unpaired) electrons. The molecule has 0 bridgehead atoms. The number of allylic oxidation sites excluding steroid dienone is 1. The van der Waals surface area contributed by atoms with Crippen molar-refractivity contribution in [1.29, 1.82) is 0 Å². The third-order valence-corrected chi connectivity index (χ3v) is 9.86. The Morgan fingerprint density at radius 2 is 0.745 bits per heavy atom. The summed E-state index contributed by atoms with van der Waals surface area (Å²) in [6.07, 6.45) is 0.717. The Kier molecular flexibility index (Phi) is 9.95. The van der Waals surface area contributed by atoms with Gasteiger partial charge < -0.3 is 9.80 Å². The van der Waals surface area contributed by atoms with Crippen molar-refractivity contribution in [2.45, 2.75) is 6.92 Å². The van der Waals surface area contributed by atoms with Crippen molar-refractivity contribution in [2.24, 2.45) is 0 Å². The number of nitrogens with zero attached hydrogens (tertiary/aromatic N) is 2. The van der Waals surface area contributed by atoms with Crippen LogP contribution in [0.25, 0.3) is 16.3 Å². The number of rotatable bonds is 11. The largest absolute Gasteiger partial charge is 0.311 e. The van der Waals surface area contributed by atoms with Crippen LogP contribution in [0, 0.1) is 6.92 Å². The lowest BCUT2D eigenvalue weighted by Crippen LogP contribution is -2.12. The smallest absolute Gasteiger partial charge is 0.197 e. The third kappa shape index (κ3) is 7.22. The van der Waals surface area contributed by atoms with Gasteiger partial charge in [0, 0.05) is 45.3 Å². The summed E-state index contributed by atoms with van der Waals surface area (Å²) in [7, 11) is 0. The molecule has 0 N–H and O–H groups in total. The zero-order chi connectivity index (χ0) is 37.6. The molecular weight excluding hydrogens is 673 g/mol. The summed E-state index contributed by atoms with van der Waals surface area (Å²) in [6.45, 7) is 1.93. The summed E-state index contributed by atoms with van der Waals surface area (Å²) in [4.78, 5) is 32.3. The summed E-state index contributed by atoms with van der Waals surface area (Å²) in [5.41, 5.74) is 9.48. The Balaban J connectivity index is 1.27. The molecule has 0 fully saturated rings. The second-order valence-electron chi connectivity index (χ2n) is 13.4. The predicted octanol–water partition coefficient (Wildman–Crippen LogP) is 13.0. The molecule has 264 valence electrons.